The molecule has 0 saturated carbocycles. The maximum absolute atomic E-state index is 11.3. The van der Waals surface area contributed by atoms with Crippen molar-refractivity contribution in [3.63, 3.8) is 0 Å². The van der Waals surface area contributed by atoms with Gasteiger partial charge >= 0.3 is 5.97 Å². The lowest BCUT2D eigenvalue weighted by molar-refractivity contribution is -0.143. The number of aromatic hydroxyl groups is 1. The van der Waals surface area contributed by atoms with Crippen molar-refractivity contribution >= 4 is 28.1 Å². The number of phenolic OH excluding ortho intramolecular Hbond substituents is 1. The molecule has 0 aliphatic heterocycles. The molecule has 0 unspecified atom stereocenters. The number of anilines is 1. The van der Waals surface area contributed by atoms with E-state index in [1.54, 1.807) is 24.0 Å². The smallest absolute Gasteiger partial charge is 0.305 e. The van der Waals surface area contributed by atoms with Gasteiger partial charge in [-0.1, -0.05) is 6.42 Å². The summed E-state index contributed by atoms with van der Waals surface area (Å²) >= 11 is 0. The van der Waals surface area contributed by atoms with Gasteiger partial charge in [-0.2, -0.15) is 8.42 Å². The highest BCUT2D eigenvalue weighted by Crippen LogP contribution is 2.28. The van der Waals surface area contributed by atoms with E-state index in [1.807, 2.05) is 0 Å². The monoisotopic (exact) mass is 401 g/mol. The number of rotatable bonds is 13. The number of aldehydes is 1. The summed E-state index contributed by atoms with van der Waals surface area (Å²) in [4.78, 5) is 23.9. The number of carbonyl (C=O) groups is 2. The van der Waals surface area contributed by atoms with Gasteiger partial charge in [-0.15, -0.1) is 0 Å². The van der Waals surface area contributed by atoms with Gasteiger partial charge in [0, 0.05) is 25.1 Å². The van der Waals surface area contributed by atoms with Gasteiger partial charge in [-0.3, -0.25) is 14.1 Å². The third kappa shape index (κ3) is 9.39. The first-order chi connectivity index (χ1) is 12.8. The molecule has 9 heteroatoms. The lowest BCUT2D eigenvalue weighted by atomic mass is 10.1. The van der Waals surface area contributed by atoms with E-state index in [0.717, 1.165) is 12.8 Å². The average Bonchev–Trinajstić information content (AvgIpc) is 2.59. The number of ether oxygens (including phenoxy) is 1. The van der Waals surface area contributed by atoms with Crippen molar-refractivity contribution in [2.75, 3.05) is 30.3 Å². The highest BCUT2D eigenvalue weighted by Gasteiger charge is 2.14. The van der Waals surface area contributed by atoms with Crippen molar-refractivity contribution in [3.8, 4) is 5.75 Å². The topological polar surface area (TPSA) is 121 Å². The number of carbonyl (C=O) groups excluding carboxylic acids is 2. The fraction of sp³-hybridized carbons (Fsp3) is 0.556. The van der Waals surface area contributed by atoms with Crippen molar-refractivity contribution in [3.05, 3.63) is 23.8 Å². The van der Waals surface area contributed by atoms with Crippen LogP contribution in [0.25, 0.3) is 0 Å². The first-order valence-corrected chi connectivity index (χ1v) is 10.5. The fourth-order valence-electron chi connectivity index (χ4n) is 2.65. The predicted molar refractivity (Wildman–Crippen MR) is 102 cm³/mol. The van der Waals surface area contributed by atoms with Crippen LogP contribution in [0.3, 0.4) is 0 Å². The first kappa shape index (κ1) is 22.9. The molecule has 0 aliphatic carbocycles. The molecule has 8 nitrogen and oxygen atoms in total. The van der Waals surface area contributed by atoms with Gasteiger partial charge in [0.05, 0.1) is 18.0 Å². The summed E-state index contributed by atoms with van der Waals surface area (Å²) in [6, 6.07) is 4.52. The van der Waals surface area contributed by atoms with Crippen LogP contribution in [0.2, 0.25) is 0 Å². The fourth-order valence-corrected chi connectivity index (χ4v) is 3.15. The van der Waals surface area contributed by atoms with E-state index < -0.39 is 10.1 Å². The minimum absolute atomic E-state index is 0.0713. The summed E-state index contributed by atoms with van der Waals surface area (Å²) in [7, 11) is -4.05. The molecular formula is C18H27NO7S. The van der Waals surface area contributed by atoms with E-state index in [9.17, 15) is 23.1 Å². The number of esters is 1. The van der Waals surface area contributed by atoms with E-state index in [2.05, 4.69) is 0 Å². The number of benzene rings is 1. The van der Waals surface area contributed by atoms with Crippen LogP contribution >= 0.6 is 0 Å². The highest BCUT2D eigenvalue weighted by molar-refractivity contribution is 7.85. The molecule has 0 bridgehead atoms. The maximum atomic E-state index is 11.3. The van der Waals surface area contributed by atoms with E-state index in [-0.39, 0.29) is 23.9 Å². The number of nitrogens with zero attached hydrogens (tertiary/aromatic N) is 1. The molecule has 0 heterocycles. The van der Waals surface area contributed by atoms with Gasteiger partial charge in [0.1, 0.15) is 12.0 Å². The molecule has 1 rings (SSSR count). The predicted octanol–water partition coefficient (Wildman–Crippen LogP) is 2.41. The summed E-state index contributed by atoms with van der Waals surface area (Å²) in [5.41, 5.74) is 0.824. The molecule has 0 radical (unpaired) electrons. The summed E-state index contributed by atoms with van der Waals surface area (Å²) < 4.78 is 35.6. The van der Waals surface area contributed by atoms with Gasteiger partial charge in [-0.05, 0) is 44.4 Å². The largest absolute Gasteiger partial charge is 0.506 e. The maximum Gasteiger partial charge on any atom is 0.305 e. The van der Waals surface area contributed by atoms with Gasteiger partial charge < -0.3 is 14.7 Å². The summed E-state index contributed by atoms with van der Waals surface area (Å²) in [5.74, 6) is -0.679. The van der Waals surface area contributed by atoms with Crippen LogP contribution in [0.4, 0.5) is 5.69 Å². The van der Waals surface area contributed by atoms with Crippen LogP contribution in [0, 0.1) is 0 Å². The molecule has 0 spiro atoms. The van der Waals surface area contributed by atoms with Crippen molar-refractivity contribution < 1.29 is 32.4 Å². The Bertz CT molecular complexity index is 718. The molecule has 27 heavy (non-hydrogen) atoms. The number of unbranched alkanes of at least 4 members (excludes halogenated alkanes) is 2. The van der Waals surface area contributed by atoms with Crippen LogP contribution in [0.5, 0.6) is 5.75 Å². The number of hydrogen-bond donors (Lipinski definition) is 2. The third-order valence-corrected chi connectivity index (χ3v) is 4.73. The van der Waals surface area contributed by atoms with Crippen molar-refractivity contribution in [2.45, 2.75) is 39.0 Å². The molecule has 0 aromatic heterocycles. The van der Waals surface area contributed by atoms with Gasteiger partial charge in [-0.25, -0.2) is 0 Å². The summed E-state index contributed by atoms with van der Waals surface area (Å²) in [6.07, 6.45) is 3.32. The van der Waals surface area contributed by atoms with E-state index >= 15 is 0 Å². The summed E-state index contributed by atoms with van der Waals surface area (Å²) in [6.45, 7) is 2.95. The number of phenols is 1. The standard InChI is InChI=1S/C18H27NO7S/c1-2-26-18(22)7-4-3-5-10-19(11-6-12-27(23,24)25)16-9-8-15(14-20)13-17(16)21/h8-9,13-14,21H,2-7,10-12H2,1H3,(H,23,24,25). The van der Waals surface area contributed by atoms with Crippen molar-refractivity contribution in [1.82, 2.24) is 0 Å². The Balaban J connectivity index is 2.65. The van der Waals surface area contributed by atoms with Crippen LogP contribution in [0.1, 0.15) is 49.4 Å². The highest BCUT2D eigenvalue weighted by atomic mass is 32.2. The van der Waals surface area contributed by atoms with E-state index in [4.69, 9.17) is 9.29 Å². The first-order valence-electron chi connectivity index (χ1n) is 8.90. The van der Waals surface area contributed by atoms with Gasteiger partial charge in [0.2, 0.25) is 0 Å². The Morgan fingerprint density at radius 2 is 1.89 bits per heavy atom. The Labute approximate surface area is 159 Å². The third-order valence-electron chi connectivity index (χ3n) is 3.92. The molecule has 0 saturated heterocycles. The minimum Gasteiger partial charge on any atom is -0.506 e. The number of hydrogen-bond acceptors (Lipinski definition) is 7. The van der Waals surface area contributed by atoms with E-state index in [1.165, 1.54) is 6.07 Å². The zero-order valence-electron chi connectivity index (χ0n) is 15.5. The van der Waals surface area contributed by atoms with Crippen molar-refractivity contribution in [2.24, 2.45) is 0 Å². The van der Waals surface area contributed by atoms with Crippen LogP contribution in [-0.2, 0) is 19.6 Å². The SMILES string of the molecule is CCOC(=O)CCCCCN(CCCS(=O)(=O)O)c1ccc(C=O)cc1O. The van der Waals surface area contributed by atoms with Crippen molar-refractivity contribution in [1.29, 1.82) is 0 Å². The summed E-state index contributed by atoms with van der Waals surface area (Å²) in [5, 5.41) is 10.2. The molecule has 0 fully saturated rings. The second-order valence-electron chi connectivity index (χ2n) is 6.11. The molecule has 1 aromatic carbocycles. The quantitative estimate of drug-likeness (QED) is 0.224. The molecule has 0 aliphatic rings. The normalized spacial score (nSPS) is 11.2. The molecule has 2 N–H and O–H groups in total. The Morgan fingerprint density at radius 1 is 1.19 bits per heavy atom. The second kappa shape index (κ2) is 11.6. The van der Waals surface area contributed by atoms with Crippen LogP contribution < -0.4 is 4.90 Å². The average molecular weight is 401 g/mol. The Morgan fingerprint density at radius 3 is 2.48 bits per heavy atom. The molecule has 0 atom stereocenters. The van der Waals surface area contributed by atoms with Crippen LogP contribution in [0.15, 0.2) is 18.2 Å². The lowest BCUT2D eigenvalue weighted by Gasteiger charge is -2.25. The second-order valence-corrected chi connectivity index (χ2v) is 7.68. The Kier molecular flexibility index (Phi) is 9.81. The Hall–Kier alpha value is -2.13. The van der Waals surface area contributed by atoms with E-state index in [0.29, 0.717) is 50.1 Å². The lowest BCUT2D eigenvalue weighted by Crippen LogP contribution is -2.27. The van der Waals surface area contributed by atoms with Crippen LogP contribution in [-0.4, -0.2) is 55.8 Å². The zero-order chi connectivity index (χ0) is 20.3. The molecule has 0 amide bonds. The molecular weight excluding hydrogens is 374 g/mol. The van der Waals surface area contributed by atoms with Gasteiger partial charge in [0.15, 0.2) is 0 Å². The molecule has 1 aromatic rings. The minimum atomic E-state index is -4.05. The van der Waals surface area contributed by atoms with Gasteiger partial charge in [0.25, 0.3) is 10.1 Å². The zero-order valence-corrected chi connectivity index (χ0v) is 16.3. The molecule has 152 valence electrons.